The second kappa shape index (κ2) is 15.9. The van der Waals surface area contributed by atoms with E-state index in [1.165, 1.54) is 36.8 Å². The Hall–Kier alpha value is -8.16. The number of para-hydroxylation sites is 2. The number of carbonyl (C=O) groups is 2. The molecule has 0 aliphatic carbocycles. The molecular weight excluding hydrogens is 842 g/mol. The van der Waals surface area contributed by atoms with Crippen molar-refractivity contribution in [2.24, 2.45) is 0 Å². The summed E-state index contributed by atoms with van der Waals surface area (Å²) >= 11 is 0. The molecule has 6 aromatic heterocycles. The zero-order valence-corrected chi connectivity index (χ0v) is 34.2. The second-order valence-corrected chi connectivity index (χ2v) is 13.3. The first kappa shape index (κ1) is 39.7. The summed E-state index contributed by atoms with van der Waals surface area (Å²) < 4.78 is 31.5. The smallest absolute Gasteiger partial charge is 0.372 e. The van der Waals surface area contributed by atoms with Crippen LogP contribution in [-0.2, 0) is 19.5 Å². The topological polar surface area (TPSA) is 222 Å². The van der Waals surface area contributed by atoms with E-state index in [9.17, 15) is 39.0 Å². The number of furan rings is 2. The fourth-order valence-electron chi connectivity index (χ4n) is 7.01. The SMILES string of the molecule is O=C(O)c1occc1-c1ccc2c(-c3cc4ccccc4oc3=O)cc(=O)oc2c1.O=C(O)c1occc1-c1ccc2c(-c3cc4ccccc4oc3=O)cc(=O)oc2c1.[Zn]. The molecule has 15 heteroatoms. The molecule has 0 bridgehead atoms. The standard InChI is InChI=1S/2C23H12O7.Zn/c2*24-20-11-16(17-9-13-3-1-2-4-18(13)30-23(17)27)15-6-5-12(10-19(15)29-20)14-7-8-28-21(14)22(25)26;/h2*1-11H,(H,25,26);. The van der Waals surface area contributed by atoms with Gasteiger partial charge >= 0.3 is 34.4 Å². The first-order chi connectivity index (χ1) is 29.0. The van der Waals surface area contributed by atoms with E-state index in [0.29, 0.717) is 55.3 Å². The minimum atomic E-state index is -1.21. The quantitative estimate of drug-likeness (QED) is 0.118. The third kappa shape index (κ3) is 7.41. The van der Waals surface area contributed by atoms with E-state index in [-0.39, 0.29) is 53.3 Å². The minimum absolute atomic E-state index is 0. The Morgan fingerprint density at radius 2 is 0.820 bits per heavy atom. The Morgan fingerprint density at radius 3 is 1.23 bits per heavy atom. The first-order valence-corrected chi connectivity index (χ1v) is 17.9. The van der Waals surface area contributed by atoms with Crippen LogP contribution in [0.3, 0.4) is 0 Å². The van der Waals surface area contributed by atoms with Crippen LogP contribution in [0.2, 0.25) is 0 Å². The normalized spacial score (nSPS) is 11.0. The molecule has 4 aromatic carbocycles. The fraction of sp³-hybridized carbons (Fsp3) is 0. The van der Waals surface area contributed by atoms with Crippen molar-refractivity contribution in [1.29, 1.82) is 0 Å². The van der Waals surface area contributed by atoms with Crippen molar-refractivity contribution in [3.8, 4) is 44.5 Å². The van der Waals surface area contributed by atoms with Crippen molar-refractivity contribution in [3.63, 3.8) is 0 Å². The van der Waals surface area contributed by atoms with E-state index in [1.807, 2.05) is 12.1 Å². The number of rotatable bonds is 6. The van der Waals surface area contributed by atoms with Gasteiger partial charge in [0.2, 0.25) is 11.5 Å². The number of aromatic carboxylic acids is 2. The van der Waals surface area contributed by atoms with Gasteiger partial charge in [-0.1, -0.05) is 48.5 Å². The Balaban J connectivity index is 0.000000166. The summed E-state index contributed by atoms with van der Waals surface area (Å²) in [6.45, 7) is 0. The van der Waals surface area contributed by atoms with Gasteiger partial charge in [-0.25, -0.2) is 28.8 Å². The molecule has 10 rings (SSSR count). The molecule has 0 aliphatic heterocycles. The molecule has 6 heterocycles. The Bertz CT molecular complexity index is 3380. The number of hydrogen-bond donors (Lipinski definition) is 2. The largest absolute Gasteiger partial charge is 0.475 e. The maximum absolute atomic E-state index is 12.6. The Morgan fingerprint density at radius 1 is 0.410 bits per heavy atom. The first-order valence-electron chi connectivity index (χ1n) is 17.9. The van der Waals surface area contributed by atoms with Crippen molar-refractivity contribution in [3.05, 3.63) is 187 Å². The summed E-state index contributed by atoms with van der Waals surface area (Å²) in [5.74, 6) is -2.86. The summed E-state index contributed by atoms with van der Waals surface area (Å²) in [6.07, 6.45) is 2.55. The molecule has 0 spiro atoms. The van der Waals surface area contributed by atoms with Crippen LogP contribution in [0, 0.1) is 0 Å². The molecular formula is C46H24O14Zn. The second-order valence-electron chi connectivity index (χ2n) is 13.3. The predicted molar refractivity (Wildman–Crippen MR) is 217 cm³/mol. The molecule has 0 saturated carbocycles. The molecule has 0 radical (unpaired) electrons. The Labute approximate surface area is 351 Å². The van der Waals surface area contributed by atoms with Gasteiger partial charge in [-0.2, -0.15) is 0 Å². The summed E-state index contributed by atoms with van der Waals surface area (Å²) in [7, 11) is 0. The summed E-state index contributed by atoms with van der Waals surface area (Å²) in [4.78, 5) is 72.3. The van der Waals surface area contributed by atoms with E-state index < -0.39 is 34.4 Å². The van der Waals surface area contributed by atoms with Crippen LogP contribution in [0.15, 0.2) is 180 Å². The van der Waals surface area contributed by atoms with Crippen molar-refractivity contribution in [1.82, 2.24) is 0 Å². The van der Waals surface area contributed by atoms with Crippen molar-refractivity contribution < 1.29 is 65.8 Å². The fourth-order valence-corrected chi connectivity index (χ4v) is 7.01. The molecule has 0 unspecified atom stereocenters. The molecule has 2 N–H and O–H groups in total. The Kier molecular flexibility index (Phi) is 10.3. The van der Waals surface area contributed by atoms with Gasteiger partial charge in [0.1, 0.15) is 22.3 Å². The number of benzene rings is 4. The van der Waals surface area contributed by atoms with Crippen molar-refractivity contribution >= 4 is 55.8 Å². The predicted octanol–water partition coefficient (Wildman–Crippen LogP) is 9.05. The van der Waals surface area contributed by atoms with Crippen LogP contribution in [0.4, 0.5) is 0 Å². The number of fused-ring (bicyclic) bond motifs is 4. The van der Waals surface area contributed by atoms with Crippen LogP contribution in [0.25, 0.3) is 88.4 Å². The van der Waals surface area contributed by atoms with Gasteiger partial charge in [-0.3, -0.25) is 0 Å². The van der Waals surface area contributed by atoms with Crippen LogP contribution < -0.4 is 22.5 Å². The van der Waals surface area contributed by atoms with E-state index in [0.717, 1.165) is 10.8 Å². The van der Waals surface area contributed by atoms with Crippen molar-refractivity contribution in [2.45, 2.75) is 0 Å². The third-order valence-electron chi connectivity index (χ3n) is 9.69. The monoisotopic (exact) mass is 864 g/mol. The molecule has 0 atom stereocenters. The molecule has 10 aromatic rings. The molecule has 14 nitrogen and oxygen atoms in total. The third-order valence-corrected chi connectivity index (χ3v) is 9.69. The molecule has 0 amide bonds. The maximum Gasteiger partial charge on any atom is 0.372 e. The van der Waals surface area contributed by atoms with Gasteiger partial charge in [0.15, 0.2) is 0 Å². The van der Waals surface area contributed by atoms with Crippen LogP contribution >= 0.6 is 0 Å². The summed E-state index contributed by atoms with van der Waals surface area (Å²) in [5, 5.41) is 21.0. The zero-order valence-electron chi connectivity index (χ0n) is 31.2. The van der Waals surface area contributed by atoms with E-state index >= 15 is 0 Å². The van der Waals surface area contributed by atoms with E-state index in [4.69, 9.17) is 26.5 Å². The molecule has 0 fully saturated rings. The van der Waals surface area contributed by atoms with Gasteiger partial charge in [-0.15, -0.1) is 0 Å². The minimum Gasteiger partial charge on any atom is -0.475 e. The van der Waals surface area contributed by atoms with Gasteiger partial charge in [0.05, 0.1) is 23.7 Å². The average Bonchev–Trinajstić information content (AvgIpc) is 3.94. The maximum atomic E-state index is 12.6. The van der Waals surface area contributed by atoms with Gasteiger partial charge in [0, 0.05) is 75.4 Å². The van der Waals surface area contributed by atoms with Crippen LogP contribution in [0.5, 0.6) is 0 Å². The number of carboxylic acids is 2. The average molecular weight is 866 g/mol. The molecule has 61 heavy (non-hydrogen) atoms. The van der Waals surface area contributed by atoms with E-state index in [2.05, 4.69) is 0 Å². The number of carboxylic acid groups (broad SMARTS) is 2. The van der Waals surface area contributed by atoms with Gasteiger partial charge < -0.3 is 36.7 Å². The van der Waals surface area contributed by atoms with Gasteiger partial charge in [0.25, 0.3) is 0 Å². The summed E-state index contributed by atoms with van der Waals surface area (Å²) in [6, 6.07) is 32.8. The zero-order chi connectivity index (χ0) is 41.7. The van der Waals surface area contributed by atoms with E-state index in [1.54, 1.807) is 84.9 Å². The molecule has 0 saturated heterocycles. The van der Waals surface area contributed by atoms with Crippen molar-refractivity contribution in [2.75, 3.05) is 0 Å². The number of hydrogen-bond acceptors (Lipinski definition) is 12. The molecule has 0 aliphatic rings. The molecule has 294 valence electrons. The van der Waals surface area contributed by atoms with Gasteiger partial charge in [-0.05, 0) is 71.8 Å². The van der Waals surface area contributed by atoms with Crippen LogP contribution in [0.1, 0.15) is 21.1 Å². The summed E-state index contributed by atoms with van der Waals surface area (Å²) in [5.41, 5.74) is 1.77. The van der Waals surface area contributed by atoms with Crippen LogP contribution in [-0.4, -0.2) is 22.2 Å².